The number of rotatable bonds is 4. The molecule has 0 saturated heterocycles. The quantitative estimate of drug-likeness (QED) is 0.785. The Morgan fingerprint density at radius 2 is 1.72 bits per heavy atom. The van der Waals surface area contributed by atoms with Crippen LogP contribution in [0.15, 0.2) is 48.8 Å². The largest absolute Gasteiger partial charge is 0.494 e. The van der Waals surface area contributed by atoms with Crippen LogP contribution in [0.3, 0.4) is 0 Å². The maximum atomic E-state index is 5.53. The number of benzene rings is 1. The fourth-order valence-corrected chi connectivity index (χ4v) is 1.50. The number of aromatic nitrogens is 1. The molecule has 2 aromatic rings. The third-order valence-corrected chi connectivity index (χ3v) is 2.32. The second kappa shape index (κ2) is 8.29. The normalized spacial score (nSPS) is 9.28. The van der Waals surface area contributed by atoms with Gasteiger partial charge in [-0.15, -0.1) is 0 Å². The van der Waals surface area contributed by atoms with Gasteiger partial charge in [0.2, 0.25) is 0 Å². The lowest BCUT2D eigenvalue weighted by atomic mass is 10.1. The molecule has 2 rings (SSSR count). The summed E-state index contributed by atoms with van der Waals surface area (Å²) in [5.74, 6) is 0.925. The van der Waals surface area contributed by atoms with Crippen LogP contribution in [-0.2, 0) is 0 Å². The van der Waals surface area contributed by atoms with E-state index in [1.54, 1.807) is 6.20 Å². The van der Waals surface area contributed by atoms with Gasteiger partial charge in [-0.05, 0) is 35.7 Å². The van der Waals surface area contributed by atoms with E-state index in [4.69, 9.17) is 4.74 Å². The zero-order chi connectivity index (χ0) is 13.2. The van der Waals surface area contributed by atoms with Gasteiger partial charge in [-0.3, -0.25) is 4.98 Å². The Hall–Kier alpha value is -1.83. The molecule has 96 valence electrons. The highest BCUT2D eigenvalue weighted by Gasteiger charge is 1.97. The molecule has 1 aromatic carbocycles. The van der Waals surface area contributed by atoms with Gasteiger partial charge >= 0.3 is 0 Å². The van der Waals surface area contributed by atoms with E-state index in [1.165, 1.54) is 0 Å². The third-order valence-electron chi connectivity index (χ3n) is 2.32. The highest BCUT2D eigenvalue weighted by Crippen LogP contribution is 2.21. The second-order valence-corrected chi connectivity index (χ2v) is 3.61. The minimum absolute atomic E-state index is 0.770. The monoisotopic (exact) mass is 243 g/mol. The molecular formula is C16H21NO. The topological polar surface area (TPSA) is 22.1 Å². The predicted molar refractivity (Wildman–Crippen MR) is 76.8 cm³/mol. The zero-order valence-electron chi connectivity index (χ0n) is 11.4. The average molecular weight is 243 g/mol. The van der Waals surface area contributed by atoms with Crippen molar-refractivity contribution in [3.63, 3.8) is 0 Å². The van der Waals surface area contributed by atoms with E-state index >= 15 is 0 Å². The summed E-state index contributed by atoms with van der Waals surface area (Å²) in [6.07, 6.45) is 4.68. The van der Waals surface area contributed by atoms with Gasteiger partial charge in [0, 0.05) is 12.4 Å². The van der Waals surface area contributed by atoms with Gasteiger partial charge in [0.15, 0.2) is 0 Å². The van der Waals surface area contributed by atoms with Gasteiger partial charge in [-0.25, -0.2) is 0 Å². The molecule has 1 aromatic heterocycles. The van der Waals surface area contributed by atoms with Crippen LogP contribution >= 0.6 is 0 Å². The Kier molecular flexibility index (Phi) is 6.55. The lowest BCUT2D eigenvalue weighted by molar-refractivity contribution is 0.317. The molecule has 0 amide bonds. The molecule has 2 heteroatoms. The molecule has 0 aliphatic rings. The summed E-state index contributed by atoms with van der Waals surface area (Å²) in [4.78, 5) is 4.10. The van der Waals surface area contributed by atoms with Crippen molar-refractivity contribution in [2.75, 3.05) is 6.61 Å². The van der Waals surface area contributed by atoms with Crippen molar-refractivity contribution in [3.8, 4) is 16.9 Å². The zero-order valence-corrected chi connectivity index (χ0v) is 11.4. The van der Waals surface area contributed by atoms with E-state index in [0.717, 1.165) is 29.9 Å². The summed E-state index contributed by atoms with van der Waals surface area (Å²) >= 11 is 0. The molecule has 0 atom stereocenters. The Bertz CT molecular complexity index is 423. The first-order valence-electron chi connectivity index (χ1n) is 6.53. The Morgan fingerprint density at radius 1 is 1.00 bits per heavy atom. The van der Waals surface area contributed by atoms with Crippen molar-refractivity contribution in [1.29, 1.82) is 0 Å². The van der Waals surface area contributed by atoms with Crippen LogP contribution in [0, 0.1) is 0 Å². The molecule has 18 heavy (non-hydrogen) atoms. The van der Waals surface area contributed by atoms with E-state index in [-0.39, 0.29) is 0 Å². The molecule has 2 nitrogen and oxygen atoms in total. The van der Waals surface area contributed by atoms with Crippen LogP contribution in [0.5, 0.6) is 5.75 Å². The number of hydrogen-bond donors (Lipinski definition) is 0. The van der Waals surface area contributed by atoms with Crippen LogP contribution in [0.25, 0.3) is 11.1 Å². The van der Waals surface area contributed by atoms with Gasteiger partial charge < -0.3 is 4.74 Å². The smallest absolute Gasteiger partial charge is 0.119 e. The maximum Gasteiger partial charge on any atom is 0.119 e. The third kappa shape index (κ3) is 4.21. The van der Waals surface area contributed by atoms with E-state index in [0.29, 0.717) is 0 Å². The van der Waals surface area contributed by atoms with E-state index in [9.17, 15) is 0 Å². The lowest BCUT2D eigenvalue weighted by Gasteiger charge is -2.05. The first-order valence-corrected chi connectivity index (χ1v) is 6.53. The molecular weight excluding hydrogens is 222 g/mol. The predicted octanol–water partition coefficient (Wildman–Crippen LogP) is 4.56. The van der Waals surface area contributed by atoms with Gasteiger partial charge in [-0.1, -0.05) is 39.0 Å². The molecule has 0 bridgehead atoms. The average Bonchev–Trinajstić information content (AvgIpc) is 2.49. The Balaban J connectivity index is 0.000000771. The number of nitrogens with zero attached hydrogens (tertiary/aromatic N) is 1. The summed E-state index contributed by atoms with van der Waals surface area (Å²) in [6, 6.07) is 12.1. The van der Waals surface area contributed by atoms with Crippen LogP contribution in [0.1, 0.15) is 27.2 Å². The molecule has 0 radical (unpaired) electrons. The fraction of sp³-hybridized carbons (Fsp3) is 0.312. The Morgan fingerprint density at radius 3 is 2.28 bits per heavy atom. The van der Waals surface area contributed by atoms with Crippen molar-refractivity contribution < 1.29 is 4.74 Å². The summed E-state index contributed by atoms with van der Waals surface area (Å²) < 4.78 is 5.53. The summed E-state index contributed by atoms with van der Waals surface area (Å²) in [7, 11) is 0. The van der Waals surface area contributed by atoms with Crippen LogP contribution < -0.4 is 4.74 Å². The summed E-state index contributed by atoms with van der Waals surface area (Å²) in [5, 5.41) is 0. The Labute approximate surface area is 110 Å². The standard InChI is InChI=1S/C14H15NO.C2H6/c1-2-10-16-14-7-5-12(6-8-14)13-4-3-9-15-11-13;1-2/h3-9,11H,2,10H2,1H3;1-2H3. The second-order valence-electron chi connectivity index (χ2n) is 3.61. The van der Waals surface area contributed by atoms with Crippen molar-refractivity contribution in [1.82, 2.24) is 4.98 Å². The van der Waals surface area contributed by atoms with E-state index < -0.39 is 0 Å². The van der Waals surface area contributed by atoms with Crippen molar-refractivity contribution in [2.45, 2.75) is 27.2 Å². The van der Waals surface area contributed by atoms with Crippen molar-refractivity contribution >= 4 is 0 Å². The van der Waals surface area contributed by atoms with Crippen LogP contribution in [0.2, 0.25) is 0 Å². The first kappa shape index (κ1) is 14.2. The highest BCUT2D eigenvalue weighted by atomic mass is 16.5. The molecule has 0 unspecified atom stereocenters. The van der Waals surface area contributed by atoms with Gasteiger partial charge in [-0.2, -0.15) is 0 Å². The highest BCUT2D eigenvalue weighted by molar-refractivity contribution is 5.62. The molecule has 0 aliphatic carbocycles. The van der Waals surface area contributed by atoms with Crippen LogP contribution in [-0.4, -0.2) is 11.6 Å². The molecule has 0 saturated carbocycles. The van der Waals surface area contributed by atoms with Gasteiger partial charge in [0.05, 0.1) is 6.61 Å². The fourth-order valence-electron chi connectivity index (χ4n) is 1.50. The molecule has 0 aliphatic heterocycles. The van der Waals surface area contributed by atoms with Crippen LogP contribution in [0.4, 0.5) is 0 Å². The molecule has 0 fully saturated rings. The van der Waals surface area contributed by atoms with Gasteiger partial charge in [0.25, 0.3) is 0 Å². The first-order chi connectivity index (χ1) is 8.90. The molecule has 0 N–H and O–H groups in total. The summed E-state index contributed by atoms with van der Waals surface area (Å²) in [6.45, 7) is 6.87. The number of ether oxygens (including phenoxy) is 1. The molecule has 0 spiro atoms. The van der Waals surface area contributed by atoms with E-state index in [2.05, 4.69) is 30.1 Å². The minimum Gasteiger partial charge on any atom is -0.494 e. The number of pyridine rings is 1. The maximum absolute atomic E-state index is 5.53. The van der Waals surface area contributed by atoms with Crippen molar-refractivity contribution in [3.05, 3.63) is 48.8 Å². The molecule has 1 heterocycles. The summed E-state index contributed by atoms with van der Waals surface area (Å²) in [5.41, 5.74) is 2.29. The minimum atomic E-state index is 0.770. The number of hydrogen-bond acceptors (Lipinski definition) is 2. The SMILES string of the molecule is CC.CCCOc1ccc(-c2cccnc2)cc1. The van der Waals surface area contributed by atoms with Gasteiger partial charge in [0.1, 0.15) is 5.75 Å². The lowest BCUT2D eigenvalue weighted by Crippen LogP contribution is -1.94. The van der Waals surface area contributed by atoms with E-state index in [1.807, 2.05) is 38.2 Å². The van der Waals surface area contributed by atoms with Crippen molar-refractivity contribution in [2.24, 2.45) is 0 Å².